The van der Waals surface area contributed by atoms with Crippen LogP contribution in [-0.4, -0.2) is 35.7 Å². The Morgan fingerprint density at radius 2 is 1.03 bits per heavy atom. The van der Waals surface area contributed by atoms with Crippen LogP contribution in [0.3, 0.4) is 0 Å². The normalized spacial score (nSPS) is 16.5. The van der Waals surface area contributed by atoms with Crippen LogP contribution in [0, 0.1) is 0 Å². The van der Waals surface area contributed by atoms with Gasteiger partial charge in [0, 0.05) is 0 Å². The van der Waals surface area contributed by atoms with Gasteiger partial charge < -0.3 is 9.47 Å². The Morgan fingerprint density at radius 1 is 0.605 bits per heavy atom. The second-order valence-corrected chi connectivity index (χ2v) is 10.8. The highest BCUT2D eigenvalue weighted by Crippen LogP contribution is 2.24. The minimum atomic E-state index is -0.482. The van der Waals surface area contributed by atoms with Crippen molar-refractivity contribution < 1.29 is 33.6 Å². The van der Waals surface area contributed by atoms with Crippen molar-refractivity contribution in [3.63, 3.8) is 0 Å². The Balaban J connectivity index is 0.000000244. The van der Waals surface area contributed by atoms with Crippen molar-refractivity contribution in [1.29, 1.82) is 0 Å². The van der Waals surface area contributed by atoms with Crippen LogP contribution >= 0.6 is 0 Å². The third-order valence-electron chi connectivity index (χ3n) is 6.40. The molecule has 0 amide bonds. The maximum absolute atomic E-state index is 12.5. The molecule has 4 rings (SSSR count). The summed E-state index contributed by atoms with van der Waals surface area (Å²) in [6.45, 7) is 5.43. The van der Waals surface area contributed by atoms with Crippen LogP contribution in [-0.2, 0) is 19.2 Å². The molecular weight excluding hydrogens is 484 g/mol. The molecule has 0 aromatic heterocycles. The van der Waals surface area contributed by atoms with Gasteiger partial charge in [0.1, 0.15) is 17.8 Å². The lowest BCUT2D eigenvalue weighted by molar-refractivity contribution is -0.301. The van der Waals surface area contributed by atoms with E-state index < -0.39 is 23.5 Å². The van der Waals surface area contributed by atoms with Crippen LogP contribution in [0.25, 0.3) is 0 Å². The van der Waals surface area contributed by atoms with Crippen LogP contribution in [0.5, 0.6) is 0 Å². The Kier molecular flexibility index (Phi) is 11.3. The molecule has 2 aliphatic carbocycles. The Morgan fingerprint density at radius 3 is 1.45 bits per heavy atom. The molecule has 2 fully saturated rings. The third-order valence-corrected chi connectivity index (χ3v) is 6.40. The standard InChI is InChI=1S/C20H26O4.C11H14O3/c21-19(23-15-9-3-1-4-10-15)17-13-7-8-14-18(17)20(22)24-16-11-5-2-6-12-16;1-11(2,3)14-13-10(12)9-7-5-4-6-8-9/h7-8,13-16H,1-6,9-12H2;4-8H,1-3H3. The van der Waals surface area contributed by atoms with Gasteiger partial charge in [-0.1, -0.05) is 43.2 Å². The van der Waals surface area contributed by atoms with Gasteiger partial charge in [0.2, 0.25) is 0 Å². The first-order chi connectivity index (χ1) is 18.2. The zero-order valence-electron chi connectivity index (χ0n) is 22.8. The average Bonchev–Trinajstić information content (AvgIpc) is 2.93. The lowest BCUT2D eigenvalue weighted by Crippen LogP contribution is -2.24. The van der Waals surface area contributed by atoms with Gasteiger partial charge in [0.15, 0.2) is 0 Å². The monoisotopic (exact) mass is 524 g/mol. The van der Waals surface area contributed by atoms with Crippen molar-refractivity contribution >= 4 is 17.9 Å². The summed E-state index contributed by atoms with van der Waals surface area (Å²) in [6, 6.07) is 15.6. The number of hydrogen-bond acceptors (Lipinski definition) is 7. The maximum Gasteiger partial charge on any atom is 0.373 e. The molecule has 38 heavy (non-hydrogen) atoms. The van der Waals surface area contributed by atoms with E-state index in [1.54, 1.807) is 48.5 Å². The first kappa shape index (κ1) is 29.4. The van der Waals surface area contributed by atoms with E-state index in [9.17, 15) is 14.4 Å². The van der Waals surface area contributed by atoms with E-state index in [-0.39, 0.29) is 12.2 Å². The quantitative estimate of drug-likeness (QED) is 0.224. The van der Waals surface area contributed by atoms with E-state index in [2.05, 4.69) is 4.89 Å². The highest BCUT2D eigenvalue weighted by Gasteiger charge is 2.25. The molecule has 206 valence electrons. The number of benzene rings is 2. The van der Waals surface area contributed by atoms with Crippen molar-refractivity contribution in [1.82, 2.24) is 0 Å². The summed E-state index contributed by atoms with van der Waals surface area (Å²) in [6.07, 6.45) is 10.4. The fraction of sp³-hybridized carbons (Fsp3) is 0.516. The summed E-state index contributed by atoms with van der Waals surface area (Å²) >= 11 is 0. The summed E-state index contributed by atoms with van der Waals surface area (Å²) in [4.78, 5) is 45.9. The van der Waals surface area contributed by atoms with Crippen LogP contribution in [0.4, 0.5) is 0 Å². The van der Waals surface area contributed by atoms with Crippen LogP contribution in [0.15, 0.2) is 54.6 Å². The molecule has 0 atom stereocenters. The van der Waals surface area contributed by atoms with E-state index in [0.29, 0.717) is 16.7 Å². The molecule has 2 saturated carbocycles. The predicted molar refractivity (Wildman–Crippen MR) is 144 cm³/mol. The molecule has 0 unspecified atom stereocenters. The first-order valence-electron chi connectivity index (χ1n) is 13.7. The maximum atomic E-state index is 12.5. The topological polar surface area (TPSA) is 88.1 Å². The van der Waals surface area contributed by atoms with Crippen LogP contribution in [0.1, 0.15) is 116 Å². The molecule has 7 nitrogen and oxygen atoms in total. The van der Waals surface area contributed by atoms with Gasteiger partial charge >= 0.3 is 17.9 Å². The molecule has 2 aromatic carbocycles. The molecule has 2 aromatic rings. The van der Waals surface area contributed by atoms with Crippen molar-refractivity contribution in [2.45, 2.75) is 103 Å². The molecule has 2 aliphatic rings. The predicted octanol–water partition coefficient (Wildman–Crippen LogP) is 7.24. The molecular formula is C31H40O7. The van der Waals surface area contributed by atoms with Gasteiger partial charge in [-0.3, -0.25) is 4.89 Å². The lowest BCUT2D eigenvalue weighted by atomic mass is 9.97. The molecule has 0 radical (unpaired) electrons. The number of rotatable bonds is 6. The number of carbonyl (C=O) groups excluding carboxylic acids is 3. The molecule has 0 N–H and O–H groups in total. The van der Waals surface area contributed by atoms with Crippen molar-refractivity contribution in [3.05, 3.63) is 71.3 Å². The fourth-order valence-electron chi connectivity index (χ4n) is 4.42. The summed E-state index contributed by atoms with van der Waals surface area (Å²) in [7, 11) is 0. The largest absolute Gasteiger partial charge is 0.459 e. The van der Waals surface area contributed by atoms with E-state index in [1.807, 2.05) is 26.8 Å². The molecule has 0 spiro atoms. The zero-order chi connectivity index (χ0) is 27.4. The zero-order valence-corrected chi connectivity index (χ0v) is 22.8. The minimum absolute atomic E-state index is 0.0197. The Labute approximate surface area is 225 Å². The summed E-state index contributed by atoms with van der Waals surface area (Å²) in [5.41, 5.74) is 0.647. The first-order valence-corrected chi connectivity index (χ1v) is 13.7. The fourth-order valence-corrected chi connectivity index (χ4v) is 4.42. The second-order valence-electron chi connectivity index (χ2n) is 10.8. The molecule has 0 aliphatic heterocycles. The average molecular weight is 525 g/mol. The van der Waals surface area contributed by atoms with Crippen molar-refractivity contribution in [3.8, 4) is 0 Å². The van der Waals surface area contributed by atoms with E-state index in [0.717, 1.165) is 51.4 Å². The smallest absolute Gasteiger partial charge is 0.373 e. The molecule has 0 heterocycles. The number of carbonyl (C=O) groups is 3. The van der Waals surface area contributed by atoms with Crippen molar-refractivity contribution in [2.24, 2.45) is 0 Å². The van der Waals surface area contributed by atoms with E-state index in [1.165, 1.54) is 12.8 Å². The van der Waals surface area contributed by atoms with Gasteiger partial charge in [-0.15, -0.1) is 0 Å². The summed E-state index contributed by atoms with van der Waals surface area (Å²) in [5, 5.41) is 0. The Bertz CT molecular complexity index is 979. The van der Waals surface area contributed by atoms with Crippen LogP contribution < -0.4 is 0 Å². The molecule has 0 bridgehead atoms. The van der Waals surface area contributed by atoms with Crippen LogP contribution in [0.2, 0.25) is 0 Å². The molecule has 0 saturated heterocycles. The summed E-state index contributed by atoms with van der Waals surface area (Å²) in [5.74, 6) is -1.28. The minimum Gasteiger partial charge on any atom is -0.459 e. The van der Waals surface area contributed by atoms with Gasteiger partial charge in [-0.05, 0) is 96.4 Å². The van der Waals surface area contributed by atoms with E-state index >= 15 is 0 Å². The number of esters is 2. The third kappa shape index (κ3) is 9.93. The van der Waals surface area contributed by atoms with Gasteiger partial charge in [-0.25, -0.2) is 14.4 Å². The van der Waals surface area contributed by atoms with Gasteiger partial charge in [0.25, 0.3) is 0 Å². The van der Waals surface area contributed by atoms with E-state index in [4.69, 9.17) is 14.4 Å². The highest BCUT2D eigenvalue weighted by atomic mass is 17.2. The SMILES string of the molecule is CC(C)(C)OOC(=O)c1ccccc1.O=C(OC1CCCCC1)c1ccccc1C(=O)OC1CCCCC1. The summed E-state index contributed by atoms with van der Waals surface area (Å²) < 4.78 is 11.2. The molecule has 7 heteroatoms. The van der Waals surface area contributed by atoms with Crippen molar-refractivity contribution in [2.75, 3.05) is 0 Å². The lowest BCUT2D eigenvalue weighted by Gasteiger charge is -2.23. The number of ether oxygens (including phenoxy) is 2. The van der Waals surface area contributed by atoms with Gasteiger partial charge in [-0.2, -0.15) is 4.89 Å². The highest BCUT2D eigenvalue weighted by molar-refractivity contribution is 6.03. The van der Waals surface area contributed by atoms with Gasteiger partial charge in [0.05, 0.1) is 16.7 Å². The number of hydrogen-bond donors (Lipinski definition) is 0. The second kappa shape index (κ2) is 14.7. The Hall–Kier alpha value is -3.19.